The third-order valence-electron chi connectivity index (χ3n) is 2.97. The Bertz CT molecular complexity index is 391. The SMILES string of the molecule is C=CC(=O)OCCNC(=O)OCCCOC(=O)C(C)(C)CC. The van der Waals surface area contributed by atoms with E-state index in [1.807, 2.05) is 20.8 Å². The lowest BCUT2D eigenvalue weighted by molar-refractivity contribution is -0.154. The van der Waals surface area contributed by atoms with Crippen LogP contribution < -0.4 is 5.32 Å². The van der Waals surface area contributed by atoms with E-state index in [2.05, 4.69) is 16.6 Å². The van der Waals surface area contributed by atoms with Crippen molar-refractivity contribution in [2.75, 3.05) is 26.4 Å². The minimum Gasteiger partial charge on any atom is -0.465 e. The monoisotopic (exact) mass is 315 g/mol. The van der Waals surface area contributed by atoms with Gasteiger partial charge in [0.1, 0.15) is 6.61 Å². The standard InChI is InChI=1S/C15H25NO6/c1-5-12(17)20-11-8-16-14(19)22-10-7-9-21-13(18)15(3,4)6-2/h5H,1,6-11H2,2-4H3,(H,16,19). The van der Waals surface area contributed by atoms with E-state index in [4.69, 9.17) is 9.47 Å². The Kier molecular flexibility index (Phi) is 9.65. The van der Waals surface area contributed by atoms with Crippen molar-refractivity contribution in [3.63, 3.8) is 0 Å². The van der Waals surface area contributed by atoms with E-state index >= 15 is 0 Å². The normalized spacial score (nSPS) is 10.5. The molecule has 0 aliphatic rings. The van der Waals surface area contributed by atoms with Gasteiger partial charge in [-0.3, -0.25) is 4.79 Å². The van der Waals surface area contributed by atoms with Gasteiger partial charge in [0.25, 0.3) is 0 Å². The number of amides is 1. The fourth-order valence-corrected chi connectivity index (χ4v) is 1.14. The van der Waals surface area contributed by atoms with Gasteiger partial charge in [-0.1, -0.05) is 13.5 Å². The summed E-state index contributed by atoms with van der Waals surface area (Å²) in [5, 5.41) is 2.41. The van der Waals surface area contributed by atoms with E-state index < -0.39 is 17.5 Å². The zero-order valence-electron chi connectivity index (χ0n) is 13.5. The van der Waals surface area contributed by atoms with Crippen molar-refractivity contribution in [2.45, 2.75) is 33.6 Å². The number of carbonyl (C=O) groups excluding carboxylic acids is 3. The van der Waals surface area contributed by atoms with Crippen LogP contribution in [0, 0.1) is 5.41 Å². The van der Waals surface area contributed by atoms with Crippen molar-refractivity contribution < 1.29 is 28.6 Å². The number of carbonyl (C=O) groups is 3. The predicted molar refractivity (Wildman–Crippen MR) is 80.2 cm³/mol. The molecule has 7 nitrogen and oxygen atoms in total. The second-order valence-electron chi connectivity index (χ2n) is 5.16. The van der Waals surface area contributed by atoms with E-state index in [-0.39, 0.29) is 32.3 Å². The van der Waals surface area contributed by atoms with Crippen LogP contribution in [-0.2, 0) is 23.8 Å². The molecular formula is C15H25NO6. The van der Waals surface area contributed by atoms with E-state index in [0.29, 0.717) is 12.8 Å². The van der Waals surface area contributed by atoms with Crippen LogP contribution >= 0.6 is 0 Å². The molecule has 0 aromatic rings. The first-order valence-electron chi connectivity index (χ1n) is 7.20. The van der Waals surface area contributed by atoms with E-state index in [0.717, 1.165) is 6.08 Å². The minimum absolute atomic E-state index is 0.0453. The Hall–Kier alpha value is -2.05. The molecule has 7 heteroatoms. The fourth-order valence-electron chi connectivity index (χ4n) is 1.14. The summed E-state index contributed by atoms with van der Waals surface area (Å²) in [6, 6.07) is 0. The largest absolute Gasteiger partial charge is 0.465 e. The van der Waals surface area contributed by atoms with Crippen LogP contribution in [-0.4, -0.2) is 44.4 Å². The van der Waals surface area contributed by atoms with Crippen LogP contribution in [0.15, 0.2) is 12.7 Å². The summed E-state index contributed by atoms with van der Waals surface area (Å²) in [5.41, 5.74) is -0.499. The van der Waals surface area contributed by atoms with E-state index in [1.165, 1.54) is 0 Å². The van der Waals surface area contributed by atoms with Crippen LogP contribution in [0.3, 0.4) is 0 Å². The molecule has 0 radical (unpaired) electrons. The molecule has 0 saturated carbocycles. The first-order valence-corrected chi connectivity index (χ1v) is 7.20. The smallest absolute Gasteiger partial charge is 0.407 e. The quantitative estimate of drug-likeness (QED) is 0.286. The number of nitrogens with one attached hydrogen (secondary N) is 1. The van der Waals surface area contributed by atoms with Crippen LogP contribution in [0.25, 0.3) is 0 Å². The number of hydrogen-bond acceptors (Lipinski definition) is 6. The zero-order valence-corrected chi connectivity index (χ0v) is 13.5. The maximum absolute atomic E-state index is 11.7. The van der Waals surface area contributed by atoms with Crippen LogP contribution in [0.2, 0.25) is 0 Å². The highest BCUT2D eigenvalue weighted by molar-refractivity contribution is 5.81. The summed E-state index contributed by atoms with van der Waals surface area (Å²) in [7, 11) is 0. The lowest BCUT2D eigenvalue weighted by Crippen LogP contribution is -2.29. The summed E-state index contributed by atoms with van der Waals surface area (Å²) >= 11 is 0. The van der Waals surface area contributed by atoms with Crippen molar-refractivity contribution in [3.8, 4) is 0 Å². The Balaban J connectivity index is 3.59. The number of esters is 2. The summed E-state index contributed by atoms with van der Waals surface area (Å²) in [6.07, 6.45) is 1.54. The van der Waals surface area contributed by atoms with Gasteiger partial charge in [0, 0.05) is 12.5 Å². The average Bonchev–Trinajstić information content (AvgIpc) is 2.50. The second kappa shape index (κ2) is 10.6. The van der Waals surface area contributed by atoms with Crippen molar-refractivity contribution in [1.29, 1.82) is 0 Å². The molecule has 22 heavy (non-hydrogen) atoms. The molecule has 0 aromatic heterocycles. The van der Waals surface area contributed by atoms with Gasteiger partial charge in [-0.15, -0.1) is 0 Å². The molecule has 126 valence electrons. The van der Waals surface area contributed by atoms with Gasteiger partial charge >= 0.3 is 18.0 Å². The van der Waals surface area contributed by atoms with Crippen LogP contribution in [0.1, 0.15) is 33.6 Å². The second-order valence-corrected chi connectivity index (χ2v) is 5.16. The number of hydrogen-bond donors (Lipinski definition) is 1. The molecule has 0 saturated heterocycles. The Morgan fingerprint density at radius 3 is 2.32 bits per heavy atom. The van der Waals surface area contributed by atoms with Gasteiger partial charge in [-0.25, -0.2) is 9.59 Å². The highest BCUT2D eigenvalue weighted by Gasteiger charge is 2.26. The molecule has 0 heterocycles. The van der Waals surface area contributed by atoms with Gasteiger partial charge in [-0.2, -0.15) is 0 Å². The molecule has 0 spiro atoms. The molecule has 0 bridgehead atoms. The van der Waals surface area contributed by atoms with Gasteiger partial charge in [0.15, 0.2) is 0 Å². The lowest BCUT2D eigenvalue weighted by Gasteiger charge is -2.20. The maximum Gasteiger partial charge on any atom is 0.407 e. The third kappa shape index (κ3) is 8.99. The van der Waals surface area contributed by atoms with Gasteiger partial charge in [0.2, 0.25) is 0 Å². The molecule has 0 aliphatic heterocycles. The average molecular weight is 315 g/mol. The van der Waals surface area contributed by atoms with E-state index in [1.54, 1.807) is 0 Å². The summed E-state index contributed by atoms with van der Waals surface area (Å²) in [5.74, 6) is -0.810. The predicted octanol–water partition coefficient (Wildman–Crippen LogP) is 1.81. The van der Waals surface area contributed by atoms with Crippen molar-refractivity contribution in [1.82, 2.24) is 5.32 Å². The van der Waals surface area contributed by atoms with Crippen molar-refractivity contribution in [2.24, 2.45) is 5.41 Å². The minimum atomic E-state index is -0.616. The Labute approximate surface area is 131 Å². The first kappa shape index (κ1) is 19.9. The number of ether oxygens (including phenoxy) is 3. The molecule has 1 N–H and O–H groups in total. The first-order chi connectivity index (χ1) is 10.3. The highest BCUT2D eigenvalue weighted by Crippen LogP contribution is 2.21. The maximum atomic E-state index is 11.7. The number of rotatable bonds is 10. The molecule has 0 aromatic carbocycles. The zero-order chi connectivity index (χ0) is 17.0. The van der Waals surface area contributed by atoms with Crippen molar-refractivity contribution in [3.05, 3.63) is 12.7 Å². The Morgan fingerprint density at radius 1 is 1.09 bits per heavy atom. The summed E-state index contributed by atoms with van der Waals surface area (Å²) < 4.78 is 14.6. The van der Waals surface area contributed by atoms with Crippen LogP contribution in [0.5, 0.6) is 0 Å². The topological polar surface area (TPSA) is 90.9 Å². The molecule has 1 amide bonds. The molecule has 0 rings (SSSR count). The lowest BCUT2D eigenvalue weighted by atomic mass is 9.91. The van der Waals surface area contributed by atoms with E-state index in [9.17, 15) is 14.4 Å². The fraction of sp³-hybridized carbons (Fsp3) is 0.667. The number of alkyl carbamates (subject to hydrolysis) is 1. The van der Waals surface area contributed by atoms with Gasteiger partial charge in [0.05, 0.1) is 25.2 Å². The van der Waals surface area contributed by atoms with Crippen LogP contribution in [0.4, 0.5) is 4.79 Å². The molecule has 0 aliphatic carbocycles. The third-order valence-corrected chi connectivity index (χ3v) is 2.97. The summed E-state index contributed by atoms with van der Waals surface area (Å²) in [4.78, 5) is 33.6. The summed E-state index contributed by atoms with van der Waals surface area (Å²) in [6.45, 7) is 9.33. The van der Waals surface area contributed by atoms with Crippen molar-refractivity contribution >= 4 is 18.0 Å². The molecule has 0 unspecified atom stereocenters. The van der Waals surface area contributed by atoms with Gasteiger partial charge < -0.3 is 19.5 Å². The molecule has 0 fully saturated rings. The molecular weight excluding hydrogens is 290 g/mol. The molecule has 0 atom stereocenters. The van der Waals surface area contributed by atoms with Gasteiger partial charge in [-0.05, 0) is 20.3 Å². The highest BCUT2D eigenvalue weighted by atomic mass is 16.6. The Morgan fingerprint density at radius 2 is 1.73 bits per heavy atom.